The number of rotatable bonds is 0. The lowest BCUT2D eigenvalue weighted by molar-refractivity contribution is -0.126. The van der Waals surface area contributed by atoms with E-state index < -0.39 is 6.10 Å². The molecule has 1 unspecified atom stereocenters. The molecule has 0 saturated carbocycles. The van der Waals surface area contributed by atoms with Gasteiger partial charge in [0.25, 0.3) is 0 Å². The van der Waals surface area contributed by atoms with Gasteiger partial charge in [-0.2, -0.15) is 0 Å². The van der Waals surface area contributed by atoms with Crippen LogP contribution in [0.15, 0.2) is 24.3 Å². The molecule has 0 amide bonds. The second kappa shape index (κ2) is 2.87. The minimum atomic E-state index is -0.759. The highest BCUT2D eigenvalue weighted by Gasteiger charge is 2.33. The zero-order valence-corrected chi connectivity index (χ0v) is 6.81. The molecule has 1 N–H and O–H groups in total. The van der Waals surface area contributed by atoms with Crippen LogP contribution in [0.1, 0.15) is 12.8 Å². The van der Waals surface area contributed by atoms with E-state index in [1.807, 2.05) is 6.08 Å². The van der Waals surface area contributed by atoms with Crippen LogP contribution in [0, 0.1) is 11.8 Å². The maximum atomic E-state index is 11.1. The van der Waals surface area contributed by atoms with Gasteiger partial charge in [-0.3, -0.25) is 4.79 Å². The highest BCUT2D eigenvalue weighted by molar-refractivity contribution is 5.94. The lowest BCUT2D eigenvalue weighted by Crippen LogP contribution is -2.36. The third kappa shape index (κ3) is 1.12. The van der Waals surface area contributed by atoms with Crippen LogP contribution in [0.25, 0.3) is 0 Å². The van der Waals surface area contributed by atoms with Gasteiger partial charge in [-0.05, 0) is 24.8 Å². The standard InChI is InChI=1S/C10H12O2/c11-9-6-5-7-3-1-2-4-8(7)10(9)12/h1-2,5-8,10,12H,3-4H2/t7-,8-,10?/m0/s1. The van der Waals surface area contributed by atoms with Gasteiger partial charge in [-0.1, -0.05) is 18.2 Å². The van der Waals surface area contributed by atoms with Crippen LogP contribution in [-0.4, -0.2) is 17.0 Å². The number of aliphatic hydroxyl groups is 1. The fourth-order valence-electron chi connectivity index (χ4n) is 1.97. The molecular weight excluding hydrogens is 152 g/mol. The van der Waals surface area contributed by atoms with Gasteiger partial charge in [0.15, 0.2) is 5.78 Å². The van der Waals surface area contributed by atoms with E-state index in [0.717, 1.165) is 12.8 Å². The first-order valence-corrected chi connectivity index (χ1v) is 4.34. The molecule has 0 radical (unpaired) electrons. The van der Waals surface area contributed by atoms with Gasteiger partial charge >= 0.3 is 0 Å². The molecule has 0 aliphatic heterocycles. The third-order valence-electron chi connectivity index (χ3n) is 2.74. The molecule has 0 aromatic heterocycles. The molecule has 2 aliphatic carbocycles. The first-order chi connectivity index (χ1) is 5.79. The van der Waals surface area contributed by atoms with Crippen LogP contribution in [0.5, 0.6) is 0 Å². The second-order valence-corrected chi connectivity index (χ2v) is 3.48. The van der Waals surface area contributed by atoms with Crippen molar-refractivity contribution in [2.45, 2.75) is 18.9 Å². The summed E-state index contributed by atoms with van der Waals surface area (Å²) in [6.45, 7) is 0. The van der Waals surface area contributed by atoms with E-state index in [9.17, 15) is 9.90 Å². The number of ketones is 1. The number of hydrogen-bond donors (Lipinski definition) is 1. The minimum Gasteiger partial charge on any atom is -0.385 e. The number of allylic oxidation sites excluding steroid dienone is 3. The van der Waals surface area contributed by atoms with E-state index in [4.69, 9.17) is 0 Å². The van der Waals surface area contributed by atoms with Gasteiger partial charge in [0.05, 0.1) is 0 Å². The zero-order valence-electron chi connectivity index (χ0n) is 6.81. The molecule has 0 heterocycles. The summed E-state index contributed by atoms with van der Waals surface area (Å²) >= 11 is 0. The predicted octanol–water partition coefficient (Wildman–Crippen LogP) is 1.07. The Labute approximate surface area is 71.6 Å². The van der Waals surface area contributed by atoms with Gasteiger partial charge < -0.3 is 5.11 Å². The summed E-state index contributed by atoms with van der Waals surface area (Å²) in [5, 5.41) is 9.54. The topological polar surface area (TPSA) is 37.3 Å². The Morgan fingerprint density at radius 1 is 1.33 bits per heavy atom. The Bertz CT molecular complexity index is 253. The molecular formula is C10H12O2. The van der Waals surface area contributed by atoms with E-state index in [-0.39, 0.29) is 11.7 Å². The van der Waals surface area contributed by atoms with Gasteiger partial charge in [0, 0.05) is 5.92 Å². The van der Waals surface area contributed by atoms with Crippen molar-refractivity contribution in [2.75, 3.05) is 0 Å². The molecule has 2 aliphatic rings. The highest BCUT2D eigenvalue weighted by atomic mass is 16.3. The molecule has 2 rings (SSSR count). The number of carbonyl (C=O) groups excluding carboxylic acids is 1. The minimum absolute atomic E-state index is 0.132. The van der Waals surface area contributed by atoms with E-state index in [1.165, 1.54) is 6.08 Å². The monoisotopic (exact) mass is 164 g/mol. The molecule has 2 nitrogen and oxygen atoms in total. The lowest BCUT2D eigenvalue weighted by atomic mass is 9.75. The van der Waals surface area contributed by atoms with Crippen molar-refractivity contribution in [2.24, 2.45) is 11.8 Å². The average Bonchev–Trinajstić information content (AvgIpc) is 2.12. The summed E-state index contributed by atoms with van der Waals surface area (Å²) in [7, 11) is 0. The van der Waals surface area contributed by atoms with Crippen molar-refractivity contribution in [1.29, 1.82) is 0 Å². The van der Waals surface area contributed by atoms with Crippen LogP contribution < -0.4 is 0 Å². The fourth-order valence-corrected chi connectivity index (χ4v) is 1.97. The summed E-state index contributed by atoms with van der Waals surface area (Å²) in [6.07, 6.45) is 8.66. The van der Waals surface area contributed by atoms with Crippen molar-refractivity contribution < 1.29 is 9.90 Å². The smallest absolute Gasteiger partial charge is 0.184 e. The Balaban J connectivity index is 2.25. The summed E-state index contributed by atoms with van der Waals surface area (Å²) < 4.78 is 0. The Morgan fingerprint density at radius 2 is 2.08 bits per heavy atom. The molecule has 0 fully saturated rings. The molecule has 64 valence electrons. The van der Waals surface area contributed by atoms with Gasteiger partial charge in [0.2, 0.25) is 0 Å². The molecule has 0 saturated heterocycles. The van der Waals surface area contributed by atoms with Gasteiger partial charge in [-0.15, -0.1) is 0 Å². The summed E-state index contributed by atoms with van der Waals surface area (Å²) in [6, 6.07) is 0. The molecule has 0 aromatic carbocycles. The van der Waals surface area contributed by atoms with Crippen molar-refractivity contribution in [3.63, 3.8) is 0 Å². The van der Waals surface area contributed by atoms with E-state index >= 15 is 0 Å². The quantitative estimate of drug-likeness (QED) is 0.544. The maximum Gasteiger partial charge on any atom is 0.184 e. The lowest BCUT2D eigenvalue weighted by Gasteiger charge is -2.31. The summed E-state index contributed by atoms with van der Waals surface area (Å²) in [5.41, 5.74) is 0. The molecule has 0 aromatic rings. The van der Waals surface area contributed by atoms with Crippen LogP contribution in [0.3, 0.4) is 0 Å². The first kappa shape index (κ1) is 7.74. The fraction of sp³-hybridized carbons (Fsp3) is 0.500. The molecule has 2 heteroatoms. The predicted molar refractivity (Wildman–Crippen MR) is 45.5 cm³/mol. The van der Waals surface area contributed by atoms with Crippen LogP contribution in [-0.2, 0) is 4.79 Å². The summed E-state index contributed by atoms with van der Waals surface area (Å²) in [4.78, 5) is 11.1. The van der Waals surface area contributed by atoms with Gasteiger partial charge in [0.1, 0.15) is 6.10 Å². The number of hydrogen-bond acceptors (Lipinski definition) is 2. The molecule has 3 atom stereocenters. The van der Waals surface area contributed by atoms with E-state index in [0.29, 0.717) is 5.92 Å². The Hall–Kier alpha value is -0.890. The highest BCUT2D eigenvalue weighted by Crippen LogP contribution is 2.32. The summed E-state index contributed by atoms with van der Waals surface area (Å²) in [5.74, 6) is 0.377. The van der Waals surface area contributed by atoms with Crippen LogP contribution in [0.2, 0.25) is 0 Å². The molecule has 0 spiro atoms. The van der Waals surface area contributed by atoms with Crippen molar-refractivity contribution in [3.8, 4) is 0 Å². The van der Waals surface area contributed by atoms with E-state index in [2.05, 4.69) is 12.2 Å². The molecule has 0 bridgehead atoms. The SMILES string of the molecule is O=C1C=C[C@@H]2CC=CC[C@@H]2C1O. The first-order valence-electron chi connectivity index (χ1n) is 4.34. The second-order valence-electron chi connectivity index (χ2n) is 3.48. The average molecular weight is 164 g/mol. The van der Waals surface area contributed by atoms with Crippen molar-refractivity contribution in [1.82, 2.24) is 0 Å². The number of fused-ring (bicyclic) bond motifs is 1. The normalized spacial score (nSPS) is 39.8. The van der Waals surface area contributed by atoms with Gasteiger partial charge in [-0.25, -0.2) is 0 Å². The number of aliphatic hydroxyl groups excluding tert-OH is 1. The Kier molecular flexibility index (Phi) is 1.85. The zero-order chi connectivity index (χ0) is 8.55. The van der Waals surface area contributed by atoms with Crippen LogP contribution >= 0.6 is 0 Å². The van der Waals surface area contributed by atoms with Crippen molar-refractivity contribution >= 4 is 5.78 Å². The number of carbonyl (C=O) groups is 1. The largest absolute Gasteiger partial charge is 0.385 e. The maximum absolute atomic E-state index is 11.1. The third-order valence-corrected chi connectivity index (χ3v) is 2.74. The van der Waals surface area contributed by atoms with Crippen LogP contribution in [0.4, 0.5) is 0 Å². The van der Waals surface area contributed by atoms with E-state index in [1.54, 1.807) is 0 Å². The molecule has 12 heavy (non-hydrogen) atoms. The Morgan fingerprint density at radius 3 is 2.92 bits per heavy atom. The van der Waals surface area contributed by atoms with Crippen molar-refractivity contribution in [3.05, 3.63) is 24.3 Å².